The van der Waals surface area contributed by atoms with E-state index in [0.717, 1.165) is 33.2 Å². The van der Waals surface area contributed by atoms with Gasteiger partial charge in [0.15, 0.2) is 0 Å². The van der Waals surface area contributed by atoms with Crippen LogP contribution in [-0.4, -0.2) is 53.2 Å². The van der Waals surface area contributed by atoms with Crippen molar-refractivity contribution < 1.29 is 14.3 Å². The Bertz CT molecular complexity index is 1200. The molecule has 0 aliphatic carbocycles. The number of imidazole rings is 1. The number of carbonyl (C=O) groups is 2. The van der Waals surface area contributed by atoms with E-state index in [9.17, 15) is 9.59 Å². The highest BCUT2D eigenvalue weighted by Crippen LogP contribution is 2.37. The highest BCUT2D eigenvalue weighted by molar-refractivity contribution is 7.16. The highest BCUT2D eigenvalue weighted by atomic mass is 32.1. The SMILES string of the molecule is CN=Cc1c(NC(=O)CC(C)c2ccccc2OC)sc2c1CCN(C(=O)CCn1ccnc1)C2. The van der Waals surface area contributed by atoms with Crippen molar-refractivity contribution in [1.82, 2.24) is 14.5 Å². The third-order valence-corrected chi connectivity index (χ3v) is 7.41. The third kappa shape index (κ3) is 5.79. The molecule has 3 aromatic rings. The lowest BCUT2D eigenvalue weighted by molar-refractivity contribution is -0.132. The number of benzene rings is 1. The minimum Gasteiger partial charge on any atom is -0.496 e. The Morgan fingerprint density at radius 3 is 2.91 bits per heavy atom. The first-order valence-corrected chi connectivity index (χ1v) is 12.5. The second-order valence-electron chi connectivity index (χ2n) is 8.64. The van der Waals surface area contributed by atoms with Gasteiger partial charge in [-0.3, -0.25) is 14.6 Å². The molecule has 35 heavy (non-hydrogen) atoms. The number of para-hydroxylation sites is 1. The maximum atomic E-state index is 13.0. The van der Waals surface area contributed by atoms with E-state index in [4.69, 9.17) is 4.74 Å². The van der Waals surface area contributed by atoms with Crippen molar-refractivity contribution in [2.45, 2.75) is 45.2 Å². The Kier molecular flexibility index (Phi) is 7.97. The monoisotopic (exact) mass is 493 g/mol. The summed E-state index contributed by atoms with van der Waals surface area (Å²) in [5, 5.41) is 3.91. The summed E-state index contributed by atoms with van der Waals surface area (Å²) in [4.78, 5) is 37.0. The molecule has 0 spiro atoms. The van der Waals surface area contributed by atoms with Crippen molar-refractivity contribution in [1.29, 1.82) is 0 Å². The van der Waals surface area contributed by atoms with Crippen molar-refractivity contribution in [2.24, 2.45) is 4.99 Å². The first-order chi connectivity index (χ1) is 17.0. The van der Waals surface area contributed by atoms with Gasteiger partial charge in [0.2, 0.25) is 11.8 Å². The molecule has 4 rings (SSSR count). The molecule has 2 aromatic heterocycles. The van der Waals surface area contributed by atoms with Gasteiger partial charge in [0, 0.05) is 62.0 Å². The van der Waals surface area contributed by atoms with Crippen LogP contribution in [-0.2, 0) is 29.1 Å². The zero-order chi connectivity index (χ0) is 24.8. The molecule has 1 N–H and O–H groups in total. The molecule has 184 valence electrons. The van der Waals surface area contributed by atoms with Crippen LogP contribution in [0.25, 0.3) is 0 Å². The van der Waals surface area contributed by atoms with Crippen LogP contribution in [0, 0.1) is 0 Å². The van der Waals surface area contributed by atoms with Crippen LogP contribution in [0.3, 0.4) is 0 Å². The van der Waals surface area contributed by atoms with E-state index in [1.807, 2.05) is 53.1 Å². The number of amides is 2. The Morgan fingerprint density at radius 1 is 1.34 bits per heavy atom. The summed E-state index contributed by atoms with van der Waals surface area (Å²) in [6, 6.07) is 7.79. The van der Waals surface area contributed by atoms with Crippen molar-refractivity contribution >= 4 is 34.4 Å². The number of thiophene rings is 1. The molecule has 0 fully saturated rings. The number of hydrogen-bond acceptors (Lipinski definition) is 6. The molecule has 1 unspecified atom stereocenters. The van der Waals surface area contributed by atoms with Gasteiger partial charge in [-0.25, -0.2) is 4.98 Å². The minimum absolute atomic E-state index is 0.00707. The number of aryl methyl sites for hydroxylation is 1. The molecule has 1 aromatic carbocycles. The summed E-state index contributed by atoms with van der Waals surface area (Å²) in [6.45, 7) is 3.86. The van der Waals surface area contributed by atoms with Gasteiger partial charge in [0.05, 0.1) is 20.0 Å². The molecule has 1 atom stereocenters. The van der Waals surface area contributed by atoms with Crippen LogP contribution in [0.4, 0.5) is 5.00 Å². The van der Waals surface area contributed by atoms with Gasteiger partial charge >= 0.3 is 0 Å². The Morgan fingerprint density at radius 2 is 2.17 bits per heavy atom. The molecule has 2 amide bonds. The van der Waals surface area contributed by atoms with E-state index < -0.39 is 0 Å². The van der Waals surface area contributed by atoms with E-state index in [0.29, 0.717) is 32.5 Å². The number of anilines is 1. The molecule has 0 saturated carbocycles. The van der Waals surface area contributed by atoms with E-state index >= 15 is 0 Å². The summed E-state index contributed by atoms with van der Waals surface area (Å²) < 4.78 is 7.37. The van der Waals surface area contributed by atoms with Gasteiger partial charge in [-0.05, 0) is 29.5 Å². The minimum atomic E-state index is -0.0546. The molecular weight excluding hydrogens is 462 g/mol. The first-order valence-electron chi connectivity index (χ1n) is 11.7. The quantitative estimate of drug-likeness (QED) is 0.455. The largest absolute Gasteiger partial charge is 0.496 e. The zero-order valence-electron chi connectivity index (χ0n) is 20.4. The smallest absolute Gasteiger partial charge is 0.225 e. The second kappa shape index (κ2) is 11.3. The van der Waals surface area contributed by atoms with Crippen LogP contribution in [0.15, 0.2) is 48.0 Å². The number of aliphatic imine (C=N–C) groups is 1. The van der Waals surface area contributed by atoms with Gasteiger partial charge in [0.25, 0.3) is 0 Å². The summed E-state index contributed by atoms with van der Waals surface area (Å²) in [5.74, 6) is 0.865. The number of aromatic nitrogens is 2. The summed E-state index contributed by atoms with van der Waals surface area (Å²) in [5.41, 5.74) is 3.14. The van der Waals surface area contributed by atoms with Gasteiger partial charge in [-0.1, -0.05) is 25.1 Å². The molecule has 0 radical (unpaired) electrons. The van der Waals surface area contributed by atoms with Crippen LogP contribution < -0.4 is 10.1 Å². The van der Waals surface area contributed by atoms with E-state index in [2.05, 4.69) is 15.3 Å². The normalized spacial score (nSPS) is 14.1. The van der Waals surface area contributed by atoms with Gasteiger partial charge < -0.3 is 19.5 Å². The van der Waals surface area contributed by atoms with Crippen LogP contribution >= 0.6 is 11.3 Å². The zero-order valence-corrected chi connectivity index (χ0v) is 21.2. The predicted molar refractivity (Wildman–Crippen MR) is 138 cm³/mol. The van der Waals surface area contributed by atoms with Gasteiger partial charge in [-0.15, -0.1) is 11.3 Å². The van der Waals surface area contributed by atoms with E-state index in [1.54, 1.807) is 38.0 Å². The molecule has 0 saturated heterocycles. The maximum Gasteiger partial charge on any atom is 0.225 e. The molecule has 0 bridgehead atoms. The molecule has 3 heterocycles. The highest BCUT2D eigenvalue weighted by Gasteiger charge is 2.27. The standard InChI is InChI=1S/C26H31N5O3S/c1-18(19-6-4-5-7-22(19)34-3)14-24(32)29-26-21(15-27-2)20-8-12-31(16-23(20)35-26)25(33)9-11-30-13-10-28-17-30/h4-7,10,13,15,17-18H,8-9,11-12,14,16H2,1-3H3,(H,29,32). The summed E-state index contributed by atoms with van der Waals surface area (Å²) in [6.07, 6.45) is 8.63. The topological polar surface area (TPSA) is 88.8 Å². The number of ether oxygens (including phenoxy) is 1. The average molecular weight is 494 g/mol. The van der Waals surface area contributed by atoms with Crippen molar-refractivity contribution in [3.8, 4) is 5.75 Å². The number of nitrogens with zero attached hydrogens (tertiary/aromatic N) is 4. The number of fused-ring (bicyclic) bond motifs is 1. The molecule has 1 aliphatic rings. The lowest BCUT2D eigenvalue weighted by atomic mass is 9.96. The lowest BCUT2D eigenvalue weighted by Crippen LogP contribution is -2.35. The van der Waals surface area contributed by atoms with Crippen molar-refractivity contribution in [3.63, 3.8) is 0 Å². The second-order valence-corrected chi connectivity index (χ2v) is 9.75. The van der Waals surface area contributed by atoms with Crippen LogP contribution in [0.1, 0.15) is 47.3 Å². The number of rotatable bonds is 9. The lowest BCUT2D eigenvalue weighted by Gasteiger charge is -2.27. The molecular formula is C26H31N5O3S. The Labute approximate surface area is 209 Å². The van der Waals surface area contributed by atoms with Crippen molar-refractivity contribution in [2.75, 3.05) is 26.0 Å². The average Bonchev–Trinajstić information content (AvgIpc) is 3.50. The third-order valence-electron chi connectivity index (χ3n) is 6.27. The van der Waals surface area contributed by atoms with Crippen LogP contribution in [0.2, 0.25) is 0 Å². The fourth-order valence-electron chi connectivity index (χ4n) is 4.44. The fourth-order valence-corrected chi connectivity index (χ4v) is 5.69. The summed E-state index contributed by atoms with van der Waals surface area (Å²) >= 11 is 1.54. The number of hydrogen-bond donors (Lipinski definition) is 1. The van der Waals surface area contributed by atoms with Gasteiger partial charge in [0.1, 0.15) is 10.8 Å². The summed E-state index contributed by atoms with van der Waals surface area (Å²) in [7, 11) is 3.37. The number of carbonyl (C=O) groups excluding carboxylic acids is 2. The molecule has 1 aliphatic heterocycles. The Balaban J connectivity index is 1.43. The fraction of sp³-hybridized carbons (Fsp3) is 0.385. The number of methoxy groups -OCH3 is 1. The molecule has 9 heteroatoms. The van der Waals surface area contributed by atoms with Crippen molar-refractivity contribution in [3.05, 3.63) is 64.6 Å². The number of nitrogens with one attached hydrogen (secondary N) is 1. The maximum absolute atomic E-state index is 13.0. The van der Waals surface area contributed by atoms with E-state index in [-0.39, 0.29) is 17.7 Å². The Hall–Kier alpha value is -3.46. The van der Waals surface area contributed by atoms with Crippen LogP contribution in [0.5, 0.6) is 5.75 Å². The predicted octanol–water partition coefficient (Wildman–Crippen LogP) is 4.11. The first kappa shape index (κ1) is 24.7. The van der Waals surface area contributed by atoms with Gasteiger partial charge in [-0.2, -0.15) is 0 Å². The van der Waals surface area contributed by atoms with E-state index in [1.165, 1.54) is 5.56 Å². The molecule has 8 nitrogen and oxygen atoms in total.